The average molecular weight is 302 g/mol. The second-order valence-corrected chi connectivity index (χ2v) is 6.74. The summed E-state index contributed by atoms with van der Waals surface area (Å²) in [5, 5.41) is 12.7. The van der Waals surface area contributed by atoms with E-state index in [2.05, 4.69) is 12.2 Å². The molecule has 114 valence electrons. The number of hydrogen-bond donors (Lipinski definition) is 2. The van der Waals surface area contributed by atoms with E-state index in [9.17, 15) is 9.59 Å². The summed E-state index contributed by atoms with van der Waals surface area (Å²) in [5.41, 5.74) is 0. The van der Waals surface area contributed by atoms with E-state index in [1.54, 1.807) is 0 Å². The minimum atomic E-state index is -1.01. The molecule has 0 aromatic heterocycles. The second-order valence-electron chi connectivity index (χ2n) is 5.16. The number of nitrogens with one attached hydrogen (secondary N) is 1. The molecule has 0 spiro atoms. The Morgan fingerprint density at radius 2 is 2.25 bits per heavy atom. The zero-order valence-corrected chi connectivity index (χ0v) is 12.5. The monoisotopic (exact) mass is 302 g/mol. The van der Waals surface area contributed by atoms with Crippen LogP contribution in [0.1, 0.15) is 26.2 Å². The molecule has 1 heterocycles. The number of carboxylic acid groups (broad SMARTS) is 1. The van der Waals surface area contributed by atoms with Gasteiger partial charge in [0.1, 0.15) is 0 Å². The van der Waals surface area contributed by atoms with Gasteiger partial charge in [-0.1, -0.05) is 6.92 Å². The molecule has 1 aliphatic carbocycles. The molecule has 2 amide bonds. The van der Waals surface area contributed by atoms with Crippen LogP contribution in [0.4, 0.5) is 4.79 Å². The van der Waals surface area contributed by atoms with E-state index in [0.29, 0.717) is 18.4 Å². The zero-order chi connectivity index (χ0) is 14.5. The molecule has 2 fully saturated rings. The summed E-state index contributed by atoms with van der Waals surface area (Å²) in [4.78, 5) is 24.7. The molecule has 7 heteroatoms. The number of aliphatic carboxylic acids is 1. The van der Waals surface area contributed by atoms with Crippen molar-refractivity contribution in [2.45, 2.75) is 43.5 Å². The highest BCUT2D eigenvalue weighted by Gasteiger charge is 2.34. The predicted octanol–water partition coefficient (Wildman–Crippen LogP) is 1.16. The molecule has 1 saturated carbocycles. The minimum absolute atomic E-state index is 0.0712. The number of hydrogen-bond acceptors (Lipinski definition) is 4. The molecule has 0 aromatic carbocycles. The minimum Gasteiger partial charge on any atom is -0.480 e. The van der Waals surface area contributed by atoms with Crippen LogP contribution in [0.2, 0.25) is 0 Å². The van der Waals surface area contributed by atoms with Crippen molar-refractivity contribution >= 4 is 23.8 Å². The summed E-state index contributed by atoms with van der Waals surface area (Å²) in [6.07, 6.45) is 3.08. The Hall–Kier alpha value is -0.950. The Bertz CT molecular complexity index is 366. The first-order valence-electron chi connectivity index (χ1n) is 7.11. The van der Waals surface area contributed by atoms with Crippen molar-refractivity contribution in [1.82, 2.24) is 10.2 Å². The lowest BCUT2D eigenvalue weighted by atomic mass is 10.2. The van der Waals surface area contributed by atoms with Gasteiger partial charge >= 0.3 is 12.0 Å². The van der Waals surface area contributed by atoms with Gasteiger partial charge in [0.25, 0.3) is 0 Å². The maximum atomic E-state index is 12.2. The molecule has 1 aliphatic heterocycles. The van der Waals surface area contributed by atoms with Crippen LogP contribution in [0.15, 0.2) is 0 Å². The SMILES string of the molecule is CCSC1CCC(NC(=O)N2CCOCC2C(=O)O)C1. The summed E-state index contributed by atoms with van der Waals surface area (Å²) >= 11 is 1.93. The van der Waals surface area contributed by atoms with Crippen LogP contribution in [0.3, 0.4) is 0 Å². The average Bonchev–Trinajstić information content (AvgIpc) is 2.86. The van der Waals surface area contributed by atoms with Gasteiger partial charge in [-0.25, -0.2) is 9.59 Å². The number of carbonyl (C=O) groups is 2. The van der Waals surface area contributed by atoms with Gasteiger partial charge in [0.05, 0.1) is 13.2 Å². The zero-order valence-electron chi connectivity index (χ0n) is 11.7. The van der Waals surface area contributed by atoms with Crippen molar-refractivity contribution in [3.63, 3.8) is 0 Å². The highest BCUT2D eigenvalue weighted by molar-refractivity contribution is 7.99. The molecule has 0 radical (unpaired) electrons. The number of urea groups is 1. The van der Waals surface area contributed by atoms with Crippen molar-refractivity contribution in [2.75, 3.05) is 25.5 Å². The Morgan fingerprint density at radius 1 is 1.45 bits per heavy atom. The van der Waals surface area contributed by atoms with E-state index in [1.807, 2.05) is 11.8 Å². The molecular weight excluding hydrogens is 280 g/mol. The molecule has 6 nitrogen and oxygen atoms in total. The highest BCUT2D eigenvalue weighted by atomic mass is 32.2. The fraction of sp³-hybridized carbons (Fsp3) is 0.846. The number of nitrogens with zero attached hydrogens (tertiary/aromatic N) is 1. The van der Waals surface area contributed by atoms with Crippen LogP contribution in [0, 0.1) is 0 Å². The molecule has 0 aromatic rings. The number of rotatable bonds is 4. The van der Waals surface area contributed by atoms with E-state index in [-0.39, 0.29) is 18.7 Å². The van der Waals surface area contributed by atoms with E-state index in [0.717, 1.165) is 25.0 Å². The van der Waals surface area contributed by atoms with Gasteiger partial charge in [0, 0.05) is 17.8 Å². The van der Waals surface area contributed by atoms with Crippen LogP contribution in [-0.4, -0.2) is 64.9 Å². The van der Waals surface area contributed by atoms with E-state index >= 15 is 0 Å². The molecule has 3 unspecified atom stereocenters. The lowest BCUT2D eigenvalue weighted by Gasteiger charge is -2.33. The normalized spacial score (nSPS) is 30.2. The third kappa shape index (κ3) is 3.79. The maximum absolute atomic E-state index is 12.2. The Balaban J connectivity index is 1.86. The van der Waals surface area contributed by atoms with Crippen LogP contribution in [0.5, 0.6) is 0 Å². The number of carbonyl (C=O) groups excluding carboxylic acids is 1. The van der Waals surface area contributed by atoms with Gasteiger partial charge < -0.3 is 20.1 Å². The van der Waals surface area contributed by atoms with Crippen LogP contribution in [-0.2, 0) is 9.53 Å². The predicted molar refractivity (Wildman–Crippen MR) is 77.0 cm³/mol. The standard InChI is InChI=1S/C13H22N2O4S/c1-2-20-10-4-3-9(7-10)14-13(18)15-5-6-19-8-11(15)12(16)17/h9-11H,2-8H2,1H3,(H,14,18)(H,16,17). The molecular formula is C13H22N2O4S. The summed E-state index contributed by atoms with van der Waals surface area (Å²) in [5.74, 6) is 0.0845. The topological polar surface area (TPSA) is 78.9 Å². The van der Waals surface area contributed by atoms with Crippen LogP contribution >= 0.6 is 11.8 Å². The van der Waals surface area contributed by atoms with Gasteiger partial charge in [-0.2, -0.15) is 11.8 Å². The first kappa shape index (κ1) is 15.4. The van der Waals surface area contributed by atoms with Crippen molar-refractivity contribution in [2.24, 2.45) is 0 Å². The number of amides is 2. The van der Waals surface area contributed by atoms with Crippen molar-refractivity contribution in [1.29, 1.82) is 0 Å². The van der Waals surface area contributed by atoms with Crippen molar-refractivity contribution in [3.05, 3.63) is 0 Å². The Morgan fingerprint density at radius 3 is 2.95 bits per heavy atom. The quantitative estimate of drug-likeness (QED) is 0.814. The van der Waals surface area contributed by atoms with Gasteiger partial charge in [-0.15, -0.1) is 0 Å². The van der Waals surface area contributed by atoms with Crippen LogP contribution < -0.4 is 5.32 Å². The van der Waals surface area contributed by atoms with E-state index in [4.69, 9.17) is 9.84 Å². The first-order valence-corrected chi connectivity index (χ1v) is 8.16. The van der Waals surface area contributed by atoms with Crippen molar-refractivity contribution < 1.29 is 19.4 Å². The van der Waals surface area contributed by atoms with Gasteiger partial charge in [0.15, 0.2) is 6.04 Å². The van der Waals surface area contributed by atoms with Gasteiger partial charge in [-0.3, -0.25) is 0 Å². The Kier molecular flexibility index (Phi) is 5.54. The molecule has 0 bridgehead atoms. The smallest absolute Gasteiger partial charge is 0.328 e. The lowest BCUT2D eigenvalue weighted by Crippen LogP contribution is -2.56. The lowest BCUT2D eigenvalue weighted by molar-refractivity contribution is -0.147. The molecule has 3 atom stereocenters. The van der Waals surface area contributed by atoms with E-state index < -0.39 is 12.0 Å². The highest BCUT2D eigenvalue weighted by Crippen LogP contribution is 2.29. The molecule has 2 rings (SSSR count). The Labute approximate surface area is 123 Å². The summed E-state index contributed by atoms with van der Waals surface area (Å²) < 4.78 is 5.14. The third-order valence-corrected chi connectivity index (χ3v) is 5.02. The second kappa shape index (κ2) is 7.17. The largest absolute Gasteiger partial charge is 0.480 e. The third-order valence-electron chi connectivity index (χ3n) is 3.79. The van der Waals surface area contributed by atoms with Gasteiger partial charge in [-0.05, 0) is 25.0 Å². The summed E-state index contributed by atoms with van der Waals surface area (Å²) in [7, 11) is 0. The number of morpholine rings is 1. The molecule has 20 heavy (non-hydrogen) atoms. The first-order chi connectivity index (χ1) is 9.61. The number of carboxylic acids is 1. The maximum Gasteiger partial charge on any atom is 0.328 e. The molecule has 1 saturated heterocycles. The van der Waals surface area contributed by atoms with Gasteiger partial charge in [0.2, 0.25) is 0 Å². The number of thioether (sulfide) groups is 1. The number of ether oxygens (including phenoxy) is 1. The fourth-order valence-electron chi connectivity index (χ4n) is 2.77. The fourth-order valence-corrected chi connectivity index (χ4v) is 3.91. The van der Waals surface area contributed by atoms with E-state index in [1.165, 1.54) is 4.90 Å². The molecule has 2 aliphatic rings. The summed E-state index contributed by atoms with van der Waals surface area (Å²) in [6, 6.07) is -0.970. The molecule has 2 N–H and O–H groups in total. The van der Waals surface area contributed by atoms with Crippen LogP contribution in [0.25, 0.3) is 0 Å². The summed E-state index contributed by atoms with van der Waals surface area (Å²) in [6.45, 7) is 2.95. The van der Waals surface area contributed by atoms with Crippen molar-refractivity contribution in [3.8, 4) is 0 Å².